The van der Waals surface area contributed by atoms with Gasteiger partial charge in [0.2, 0.25) is 12.3 Å². The molecule has 0 spiro atoms. The molecule has 9 heteroatoms. The van der Waals surface area contributed by atoms with Crippen molar-refractivity contribution >= 4 is 5.91 Å². The van der Waals surface area contributed by atoms with Crippen molar-refractivity contribution < 1.29 is 27.8 Å². The maximum atomic E-state index is 13.8. The number of ether oxygens (including phenoxy) is 1. The molecule has 0 radical (unpaired) electrons. The molecule has 2 heterocycles. The summed E-state index contributed by atoms with van der Waals surface area (Å²) in [6.45, 7) is 15.3. The average molecular weight is 604 g/mol. The molecule has 2 aliphatic rings. The van der Waals surface area contributed by atoms with Crippen molar-refractivity contribution in [1.82, 2.24) is 14.7 Å². The van der Waals surface area contributed by atoms with E-state index in [2.05, 4.69) is 25.7 Å². The summed E-state index contributed by atoms with van der Waals surface area (Å²) in [5.74, 6) is 0.392. The molecule has 0 saturated carbocycles. The van der Waals surface area contributed by atoms with Crippen LogP contribution in [0.25, 0.3) is 0 Å². The highest BCUT2D eigenvalue weighted by atomic mass is 19.4. The number of alkyl halides is 3. The molecule has 2 saturated heterocycles. The Labute approximate surface area is 254 Å². The molecular weight excluding hydrogens is 555 g/mol. The lowest BCUT2D eigenvalue weighted by Gasteiger charge is -2.50. The zero-order chi connectivity index (χ0) is 31.6. The molecule has 0 bridgehead atoms. The van der Waals surface area contributed by atoms with E-state index in [4.69, 9.17) is 4.74 Å². The topological polar surface area (TPSA) is 56.3 Å². The second kappa shape index (κ2) is 13.3. The summed E-state index contributed by atoms with van der Waals surface area (Å²) in [6.07, 6.45) is -3.23. The van der Waals surface area contributed by atoms with E-state index in [0.29, 0.717) is 39.1 Å². The van der Waals surface area contributed by atoms with Gasteiger partial charge >= 0.3 is 6.18 Å². The lowest BCUT2D eigenvalue weighted by molar-refractivity contribution is -0.243. The van der Waals surface area contributed by atoms with Gasteiger partial charge in [-0.3, -0.25) is 14.6 Å². The maximum Gasteiger partial charge on any atom is 0.416 e. The summed E-state index contributed by atoms with van der Waals surface area (Å²) in [6, 6.07) is 15.1. The molecule has 2 aliphatic heterocycles. The number of aliphatic hydroxyl groups excluding tert-OH is 1. The van der Waals surface area contributed by atoms with Crippen LogP contribution in [-0.2, 0) is 15.7 Å². The van der Waals surface area contributed by atoms with E-state index in [1.807, 2.05) is 60.9 Å². The van der Waals surface area contributed by atoms with Crippen molar-refractivity contribution in [3.05, 3.63) is 71.3 Å². The van der Waals surface area contributed by atoms with Crippen LogP contribution in [-0.4, -0.2) is 76.5 Å². The van der Waals surface area contributed by atoms with Gasteiger partial charge in [0.05, 0.1) is 17.2 Å². The Bertz CT molecular complexity index is 1180. The first-order chi connectivity index (χ1) is 20.0. The first-order valence-electron chi connectivity index (χ1n) is 15.4. The van der Waals surface area contributed by atoms with Crippen molar-refractivity contribution in [3.63, 3.8) is 0 Å². The predicted molar refractivity (Wildman–Crippen MR) is 162 cm³/mol. The van der Waals surface area contributed by atoms with Gasteiger partial charge < -0.3 is 14.7 Å². The van der Waals surface area contributed by atoms with Gasteiger partial charge in [-0.1, -0.05) is 63.2 Å². The van der Waals surface area contributed by atoms with Crippen LogP contribution in [0, 0.1) is 11.3 Å². The molecule has 1 amide bonds. The molecule has 2 fully saturated rings. The Kier molecular flexibility index (Phi) is 10.3. The summed E-state index contributed by atoms with van der Waals surface area (Å²) < 4.78 is 45.6. The van der Waals surface area contributed by atoms with Crippen LogP contribution >= 0.6 is 0 Å². The van der Waals surface area contributed by atoms with Gasteiger partial charge in [0.15, 0.2) is 0 Å². The molecular formula is C34H48F3N3O3. The highest BCUT2D eigenvalue weighted by molar-refractivity contribution is 5.77. The van der Waals surface area contributed by atoms with E-state index in [9.17, 15) is 23.1 Å². The van der Waals surface area contributed by atoms with E-state index in [0.717, 1.165) is 36.1 Å². The Hall–Kier alpha value is -2.46. The molecule has 6 nitrogen and oxygen atoms in total. The third-order valence-electron chi connectivity index (χ3n) is 8.65. The van der Waals surface area contributed by atoms with Gasteiger partial charge in [-0.05, 0) is 68.2 Å². The Morgan fingerprint density at radius 2 is 1.44 bits per heavy atom. The summed E-state index contributed by atoms with van der Waals surface area (Å²) in [4.78, 5) is 20.1. The largest absolute Gasteiger partial charge is 0.416 e. The van der Waals surface area contributed by atoms with Crippen molar-refractivity contribution in [1.29, 1.82) is 0 Å². The average Bonchev–Trinajstić information content (AvgIpc) is 2.92. The molecule has 4 rings (SSSR count). The minimum Gasteiger partial charge on any atom is -0.356 e. The van der Waals surface area contributed by atoms with Gasteiger partial charge in [0.1, 0.15) is 0 Å². The number of carbonyl (C=O) groups is 1. The molecule has 1 N–H and O–H groups in total. The number of likely N-dealkylation sites (tertiary alicyclic amines) is 1. The lowest BCUT2D eigenvalue weighted by atomic mass is 9.82. The number of piperazine rings is 1. The van der Waals surface area contributed by atoms with Crippen molar-refractivity contribution in [2.45, 2.75) is 91.1 Å². The van der Waals surface area contributed by atoms with E-state index in [1.54, 1.807) is 12.1 Å². The quantitative estimate of drug-likeness (QED) is 0.364. The first-order valence-corrected chi connectivity index (χ1v) is 15.4. The van der Waals surface area contributed by atoms with Gasteiger partial charge in [0.25, 0.3) is 0 Å². The number of benzene rings is 2. The molecule has 43 heavy (non-hydrogen) atoms. The predicted octanol–water partition coefficient (Wildman–Crippen LogP) is 6.55. The molecule has 3 unspecified atom stereocenters. The number of hydrogen-bond acceptors (Lipinski definition) is 5. The number of amides is 1. The van der Waals surface area contributed by atoms with Gasteiger partial charge in [-0.15, -0.1) is 0 Å². The minimum atomic E-state index is -4.39. The fourth-order valence-electron chi connectivity index (χ4n) is 6.32. The molecule has 0 aliphatic carbocycles. The van der Waals surface area contributed by atoms with Crippen LogP contribution in [0.5, 0.6) is 0 Å². The summed E-state index contributed by atoms with van der Waals surface area (Å²) in [5.41, 5.74) is 0.513. The van der Waals surface area contributed by atoms with Gasteiger partial charge in [-0.2, -0.15) is 13.2 Å². The number of carbonyl (C=O) groups excluding carboxylic acids is 1. The minimum absolute atomic E-state index is 0.0588. The molecule has 3 atom stereocenters. The van der Waals surface area contributed by atoms with E-state index in [1.165, 1.54) is 0 Å². The zero-order valence-electron chi connectivity index (χ0n) is 26.4. The number of halogens is 3. The highest BCUT2D eigenvalue weighted by Crippen LogP contribution is 2.37. The summed E-state index contributed by atoms with van der Waals surface area (Å²) in [5, 5.41) is 10.5. The van der Waals surface area contributed by atoms with Crippen LogP contribution in [0.15, 0.2) is 54.6 Å². The number of rotatable bonds is 7. The Morgan fingerprint density at radius 3 is 1.98 bits per heavy atom. The SMILES string of the molecule is CC(C)(C)OC(O)N1CCC(CC(=O)N2CCN(C(c3ccccc3)c3ccc(C(F)(F)F)cc3)CC2C(C)(C)C)CC1. The van der Waals surface area contributed by atoms with E-state index < -0.39 is 23.8 Å². The van der Waals surface area contributed by atoms with Crippen LogP contribution in [0.4, 0.5) is 13.2 Å². The molecule has 0 aromatic heterocycles. The van der Waals surface area contributed by atoms with Crippen LogP contribution in [0.1, 0.15) is 83.5 Å². The van der Waals surface area contributed by atoms with Crippen LogP contribution in [0.2, 0.25) is 0 Å². The fourth-order valence-corrected chi connectivity index (χ4v) is 6.32. The first kappa shape index (κ1) is 33.4. The summed E-state index contributed by atoms with van der Waals surface area (Å²) in [7, 11) is 0. The molecule has 238 valence electrons. The Morgan fingerprint density at radius 1 is 0.860 bits per heavy atom. The third-order valence-corrected chi connectivity index (χ3v) is 8.65. The van der Waals surface area contributed by atoms with Crippen LogP contribution in [0.3, 0.4) is 0 Å². The third kappa shape index (κ3) is 8.81. The lowest BCUT2D eigenvalue weighted by Crippen LogP contribution is -2.60. The smallest absolute Gasteiger partial charge is 0.356 e. The number of hydrogen-bond donors (Lipinski definition) is 1. The standard InChI is InChI=1S/C34H48F3N3O3/c1-32(2,3)28-23-39(30(25-10-8-7-9-11-25)26-12-14-27(15-13-26)34(35,36)37)20-21-40(28)29(41)22-24-16-18-38(19-17-24)31(42)43-33(4,5)6/h7-15,24,28,30-31,42H,16-23H2,1-6H3. The second-order valence-corrected chi connectivity index (χ2v) is 14.1. The monoisotopic (exact) mass is 603 g/mol. The van der Waals surface area contributed by atoms with E-state index >= 15 is 0 Å². The number of nitrogens with zero attached hydrogens (tertiary/aromatic N) is 3. The van der Waals surface area contributed by atoms with Gasteiger partial charge in [-0.25, -0.2) is 0 Å². The van der Waals surface area contributed by atoms with E-state index in [-0.39, 0.29) is 29.3 Å². The second-order valence-electron chi connectivity index (χ2n) is 14.1. The Balaban J connectivity index is 1.47. The molecule has 2 aromatic carbocycles. The van der Waals surface area contributed by atoms with Crippen molar-refractivity contribution in [2.24, 2.45) is 11.3 Å². The molecule has 2 aromatic rings. The maximum absolute atomic E-state index is 13.8. The zero-order valence-corrected chi connectivity index (χ0v) is 26.4. The van der Waals surface area contributed by atoms with Crippen LogP contribution < -0.4 is 0 Å². The van der Waals surface area contributed by atoms with Crippen molar-refractivity contribution in [3.8, 4) is 0 Å². The number of piperidine rings is 1. The number of aliphatic hydroxyl groups is 1. The highest BCUT2D eigenvalue weighted by Gasteiger charge is 2.41. The fraction of sp³-hybridized carbons (Fsp3) is 0.618. The normalized spacial score (nSPS) is 21.5. The van der Waals surface area contributed by atoms with Crippen molar-refractivity contribution in [2.75, 3.05) is 32.7 Å². The summed E-state index contributed by atoms with van der Waals surface area (Å²) >= 11 is 0. The van der Waals surface area contributed by atoms with Gasteiger partial charge in [0, 0.05) is 45.2 Å².